The van der Waals surface area contributed by atoms with Crippen LogP contribution in [-0.4, -0.2) is 14.7 Å². The number of fused-ring (bicyclic) bond motifs is 2. The van der Waals surface area contributed by atoms with Crippen LogP contribution in [0.2, 0.25) is 0 Å². The lowest BCUT2D eigenvalue weighted by Gasteiger charge is -1.95. The minimum absolute atomic E-state index is 0.310. The van der Waals surface area contributed by atoms with E-state index >= 15 is 0 Å². The highest BCUT2D eigenvalue weighted by atomic mass is 33.1. The van der Waals surface area contributed by atoms with Gasteiger partial charge in [0.05, 0.1) is 15.1 Å². The van der Waals surface area contributed by atoms with Gasteiger partial charge in [-0.15, -0.1) is 0 Å². The molecule has 3 heteroatoms. The molecule has 54 valence electrons. The number of rotatable bonds is 0. The molecule has 1 aliphatic carbocycles. The molecule has 0 radical (unpaired) electrons. The molecule has 3 atom stereocenters. The molecule has 1 fully saturated rings. The average molecular weight is 172 g/mol. The molecule has 0 N–H and O–H groups in total. The molecule has 0 aromatic carbocycles. The summed E-state index contributed by atoms with van der Waals surface area (Å²) in [6.07, 6.45) is 9.29. The molecule has 1 heterocycles. The summed E-state index contributed by atoms with van der Waals surface area (Å²) in [4.78, 5) is 0. The predicted octanol–water partition coefficient (Wildman–Crippen LogP) is 1.65. The molecule has 1 saturated heterocycles. The molecule has 0 spiro atoms. The van der Waals surface area contributed by atoms with Crippen LogP contribution in [0.3, 0.4) is 0 Å². The molecule has 2 bridgehead atoms. The lowest BCUT2D eigenvalue weighted by atomic mass is 10.2. The van der Waals surface area contributed by atoms with Crippen molar-refractivity contribution >= 4 is 20.6 Å². The van der Waals surface area contributed by atoms with Crippen LogP contribution in [0.25, 0.3) is 0 Å². The largest absolute Gasteiger partial charge is 0.247 e. The highest BCUT2D eigenvalue weighted by Crippen LogP contribution is 2.36. The first-order valence-corrected chi connectivity index (χ1v) is 5.90. The van der Waals surface area contributed by atoms with Crippen LogP contribution in [0.15, 0.2) is 24.3 Å². The molecule has 1 aliphatic heterocycles. The van der Waals surface area contributed by atoms with Crippen LogP contribution in [0.5, 0.6) is 0 Å². The van der Waals surface area contributed by atoms with Crippen molar-refractivity contribution in [2.75, 3.05) is 0 Å². The van der Waals surface area contributed by atoms with E-state index in [1.54, 1.807) is 10.8 Å². The van der Waals surface area contributed by atoms with Crippen molar-refractivity contribution in [1.29, 1.82) is 0 Å². The van der Waals surface area contributed by atoms with Gasteiger partial charge in [-0.1, -0.05) is 35.1 Å². The zero-order valence-electron chi connectivity index (χ0n) is 5.40. The van der Waals surface area contributed by atoms with Crippen LogP contribution < -0.4 is 0 Å². The topological polar surface area (TPSA) is 17.1 Å². The maximum Gasteiger partial charge on any atom is 0.0880 e. The zero-order valence-corrected chi connectivity index (χ0v) is 7.03. The summed E-state index contributed by atoms with van der Waals surface area (Å²) >= 11 is 0. The van der Waals surface area contributed by atoms with Gasteiger partial charge in [0, 0.05) is 5.25 Å². The Bertz CT molecular complexity index is 220. The van der Waals surface area contributed by atoms with E-state index in [0.29, 0.717) is 10.5 Å². The second kappa shape index (κ2) is 2.55. The maximum absolute atomic E-state index is 11.2. The number of hydrogen-bond donors (Lipinski definition) is 0. The normalized spacial score (nSPS) is 43.8. The van der Waals surface area contributed by atoms with Crippen molar-refractivity contribution in [3.8, 4) is 0 Å². The average Bonchev–Trinajstić information content (AvgIpc) is 2.18. The Labute approximate surface area is 66.4 Å². The second-order valence-corrected chi connectivity index (χ2v) is 5.93. The molecule has 2 rings (SSSR count). The molecule has 1 nitrogen and oxygen atoms in total. The summed E-state index contributed by atoms with van der Waals surface area (Å²) in [5.41, 5.74) is 0. The number of allylic oxidation sites excluding steroid dienone is 2. The van der Waals surface area contributed by atoms with Gasteiger partial charge in [0.15, 0.2) is 0 Å². The van der Waals surface area contributed by atoms with Gasteiger partial charge >= 0.3 is 0 Å². The molecule has 0 amide bonds. The Kier molecular flexibility index (Phi) is 1.70. The zero-order chi connectivity index (χ0) is 6.97. The molecule has 0 aromatic rings. The van der Waals surface area contributed by atoms with E-state index < -0.39 is 9.83 Å². The van der Waals surface area contributed by atoms with Crippen LogP contribution in [0, 0.1) is 0 Å². The van der Waals surface area contributed by atoms with Crippen LogP contribution >= 0.6 is 10.8 Å². The van der Waals surface area contributed by atoms with E-state index in [1.165, 1.54) is 0 Å². The Morgan fingerprint density at radius 2 is 2.20 bits per heavy atom. The molecule has 0 aromatic heterocycles. The van der Waals surface area contributed by atoms with Crippen molar-refractivity contribution in [3.05, 3.63) is 24.3 Å². The Hall–Kier alpha value is -0.0200. The standard InChI is InChI=1S/C7H8OS2/c8-10-7-4-2-1-3-6(5-7)9-10/h1-4,6-7H,5H2/t6-,7+,10+/m1/s1. The summed E-state index contributed by atoms with van der Waals surface area (Å²) in [5.74, 6) is 0. The molecule has 2 aliphatic rings. The van der Waals surface area contributed by atoms with Gasteiger partial charge in [0.2, 0.25) is 0 Å². The first-order valence-electron chi connectivity index (χ1n) is 3.29. The van der Waals surface area contributed by atoms with Crippen molar-refractivity contribution in [2.24, 2.45) is 0 Å². The van der Waals surface area contributed by atoms with E-state index in [-0.39, 0.29) is 0 Å². The fraction of sp³-hybridized carbons (Fsp3) is 0.429. The third-order valence-electron chi connectivity index (χ3n) is 1.69. The third kappa shape index (κ3) is 1.08. The minimum Gasteiger partial charge on any atom is -0.247 e. The van der Waals surface area contributed by atoms with Gasteiger partial charge in [-0.25, -0.2) is 4.21 Å². The second-order valence-electron chi connectivity index (χ2n) is 2.44. The first-order chi connectivity index (χ1) is 4.86. The summed E-state index contributed by atoms with van der Waals surface area (Å²) in [6.45, 7) is 0. The van der Waals surface area contributed by atoms with Crippen molar-refractivity contribution in [1.82, 2.24) is 0 Å². The molecule has 0 unspecified atom stereocenters. The molecule has 0 saturated carbocycles. The van der Waals surface area contributed by atoms with Crippen molar-refractivity contribution < 1.29 is 4.21 Å². The quantitative estimate of drug-likeness (QED) is 0.517. The minimum atomic E-state index is -0.661. The SMILES string of the molecule is O=[S@]1S[C@@H]2C=CC=C[C@H]1C2. The highest BCUT2D eigenvalue weighted by Gasteiger charge is 2.29. The van der Waals surface area contributed by atoms with Crippen molar-refractivity contribution in [2.45, 2.75) is 16.9 Å². The predicted molar refractivity (Wildman–Crippen MR) is 46.2 cm³/mol. The highest BCUT2D eigenvalue weighted by molar-refractivity contribution is 8.70. The fourth-order valence-corrected chi connectivity index (χ4v) is 4.72. The van der Waals surface area contributed by atoms with E-state index in [1.807, 2.05) is 18.2 Å². The van der Waals surface area contributed by atoms with Gasteiger partial charge in [0.1, 0.15) is 0 Å². The maximum atomic E-state index is 11.2. The van der Waals surface area contributed by atoms with Gasteiger partial charge in [-0.2, -0.15) is 0 Å². The smallest absolute Gasteiger partial charge is 0.0880 e. The van der Waals surface area contributed by atoms with E-state index in [9.17, 15) is 4.21 Å². The summed E-state index contributed by atoms with van der Waals surface area (Å²) in [7, 11) is 0.923. The summed E-state index contributed by atoms with van der Waals surface area (Å²) in [5, 5.41) is 0.811. The molecule has 10 heavy (non-hydrogen) atoms. The van der Waals surface area contributed by atoms with Crippen LogP contribution in [0.4, 0.5) is 0 Å². The monoisotopic (exact) mass is 172 g/mol. The first kappa shape index (κ1) is 6.68. The van der Waals surface area contributed by atoms with E-state index in [4.69, 9.17) is 0 Å². The van der Waals surface area contributed by atoms with E-state index in [0.717, 1.165) is 6.42 Å². The van der Waals surface area contributed by atoms with Gasteiger partial charge < -0.3 is 0 Å². The Morgan fingerprint density at radius 3 is 3.10 bits per heavy atom. The summed E-state index contributed by atoms with van der Waals surface area (Å²) < 4.78 is 11.2. The summed E-state index contributed by atoms with van der Waals surface area (Å²) in [6, 6.07) is 0. The van der Waals surface area contributed by atoms with Crippen LogP contribution in [-0.2, 0) is 9.83 Å². The molecular weight excluding hydrogens is 164 g/mol. The van der Waals surface area contributed by atoms with Crippen LogP contribution in [0.1, 0.15) is 6.42 Å². The lowest BCUT2D eigenvalue weighted by molar-refractivity contribution is 0.686. The van der Waals surface area contributed by atoms with Gasteiger partial charge in [-0.3, -0.25) is 0 Å². The Balaban J connectivity index is 2.29. The fourth-order valence-electron chi connectivity index (χ4n) is 1.17. The van der Waals surface area contributed by atoms with Gasteiger partial charge in [-0.05, 0) is 6.42 Å². The van der Waals surface area contributed by atoms with E-state index in [2.05, 4.69) is 6.08 Å². The van der Waals surface area contributed by atoms with Gasteiger partial charge in [0.25, 0.3) is 0 Å². The third-order valence-corrected chi connectivity index (χ3v) is 5.38. The lowest BCUT2D eigenvalue weighted by Crippen LogP contribution is -2.01. The Morgan fingerprint density at radius 1 is 1.40 bits per heavy atom. The molecular formula is C7H8OS2. The van der Waals surface area contributed by atoms with Crippen molar-refractivity contribution in [3.63, 3.8) is 0 Å². The number of hydrogen-bond acceptors (Lipinski definition) is 2.